The van der Waals surface area contributed by atoms with Crippen LogP contribution >= 0.6 is 0 Å². The maximum atomic E-state index is 12.1. The van der Waals surface area contributed by atoms with Crippen LogP contribution in [0.2, 0.25) is 0 Å². The van der Waals surface area contributed by atoms with Crippen molar-refractivity contribution >= 4 is 17.4 Å². The van der Waals surface area contributed by atoms with Gasteiger partial charge in [0.05, 0.1) is 11.9 Å². The van der Waals surface area contributed by atoms with Crippen LogP contribution in [-0.2, 0) is 7.05 Å². The van der Waals surface area contributed by atoms with Crippen molar-refractivity contribution in [2.24, 2.45) is 7.05 Å². The molecule has 0 aliphatic heterocycles. The van der Waals surface area contributed by atoms with Gasteiger partial charge in [0.25, 0.3) is 11.7 Å². The number of aromatic nitrogens is 6. The third-order valence-corrected chi connectivity index (χ3v) is 2.78. The van der Waals surface area contributed by atoms with Gasteiger partial charge < -0.3 is 5.32 Å². The van der Waals surface area contributed by atoms with Crippen molar-refractivity contribution in [3.8, 4) is 0 Å². The molecule has 0 radical (unpaired) electrons. The molecule has 8 heteroatoms. The lowest BCUT2D eigenvalue weighted by Gasteiger charge is -1.97. The van der Waals surface area contributed by atoms with Crippen LogP contribution in [0.4, 0.5) is 5.69 Å². The van der Waals surface area contributed by atoms with E-state index >= 15 is 0 Å². The maximum absolute atomic E-state index is 12.1. The quantitative estimate of drug-likeness (QED) is 0.742. The molecule has 8 nitrogen and oxygen atoms in total. The first kappa shape index (κ1) is 12.3. The van der Waals surface area contributed by atoms with Gasteiger partial charge in [0.15, 0.2) is 0 Å². The van der Waals surface area contributed by atoms with Crippen LogP contribution in [0.5, 0.6) is 0 Å². The summed E-state index contributed by atoms with van der Waals surface area (Å²) in [6.07, 6.45) is 3.25. The van der Waals surface area contributed by atoms with Crippen LogP contribution in [0, 0.1) is 13.8 Å². The minimum Gasteiger partial charge on any atom is -0.316 e. The standard InChI is InChI=1S/C12H13N7O/c1-7-4-8(2)19-12(14-7)16-10(17-19)11(20)15-9-5-13-18(3)6-9/h4-6H,1-3H3,(H,15,20). The van der Waals surface area contributed by atoms with E-state index in [1.165, 1.54) is 0 Å². The van der Waals surface area contributed by atoms with E-state index in [1.807, 2.05) is 19.9 Å². The molecule has 0 spiro atoms. The average molecular weight is 271 g/mol. The van der Waals surface area contributed by atoms with Crippen molar-refractivity contribution in [1.29, 1.82) is 0 Å². The van der Waals surface area contributed by atoms with E-state index in [9.17, 15) is 4.79 Å². The van der Waals surface area contributed by atoms with Crippen molar-refractivity contribution in [2.75, 3.05) is 5.32 Å². The Kier molecular flexibility index (Phi) is 2.70. The number of amides is 1. The molecule has 0 bridgehead atoms. The first-order valence-corrected chi connectivity index (χ1v) is 6.04. The molecule has 20 heavy (non-hydrogen) atoms. The normalized spacial score (nSPS) is 10.9. The summed E-state index contributed by atoms with van der Waals surface area (Å²) < 4.78 is 3.15. The number of hydrogen-bond acceptors (Lipinski definition) is 5. The van der Waals surface area contributed by atoms with Crippen molar-refractivity contribution < 1.29 is 4.79 Å². The van der Waals surface area contributed by atoms with Crippen LogP contribution in [0.3, 0.4) is 0 Å². The third kappa shape index (κ3) is 2.11. The van der Waals surface area contributed by atoms with Gasteiger partial charge in [-0.2, -0.15) is 10.1 Å². The molecule has 0 aromatic carbocycles. The second-order valence-electron chi connectivity index (χ2n) is 4.54. The molecule has 0 aliphatic rings. The minimum atomic E-state index is -0.388. The molecular weight excluding hydrogens is 258 g/mol. The zero-order valence-corrected chi connectivity index (χ0v) is 11.3. The smallest absolute Gasteiger partial charge is 0.295 e. The molecule has 3 heterocycles. The topological polar surface area (TPSA) is 90.0 Å². The highest BCUT2D eigenvalue weighted by Gasteiger charge is 2.15. The maximum Gasteiger partial charge on any atom is 0.295 e. The number of aryl methyl sites for hydroxylation is 3. The Morgan fingerprint density at radius 1 is 1.30 bits per heavy atom. The Hall–Kier alpha value is -2.77. The molecule has 0 fully saturated rings. The van der Waals surface area contributed by atoms with Crippen molar-refractivity contribution in [1.82, 2.24) is 29.4 Å². The highest BCUT2D eigenvalue weighted by Crippen LogP contribution is 2.08. The van der Waals surface area contributed by atoms with Gasteiger partial charge in [-0.1, -0.05) is 0 Å². The summed E-state index contributed by atoms with van der Waals surface area (Å²) >= 11 is 0. The molecule has 0 saturated carbocycles. The molecule has 1 amide bonds. The SMILES string of the molecule is Cc1cc(C)n2nc(C(=O)Nc3cnn(C)c3)nc2n1. The zero-order valence-electron chi connectivity index (χ0n) is 11.3. The number of rotatable bonds is 2. The van der Waals surface area contributed by atoms with Crippen LogP contribution in [0.25, 0.3) is 5.78 Å². The van der Waals surface area contributed by atoms with Gasteiger partial charge in [-0.25, -0.2) is 9.50 Å². The third-order valence-electron chi connectivity index (χ3n) is 2.78. The van der Waals surface area contributed by atoms with E-state index in [0.29, 0.717) is 11.5 Å². The van der Waals surface area contributed by atoms with E-state index in [1.54, 1.807) is 28.6 Å². The summed E-state index contributed by atoms with van der Waals surface area (Å²) in [5.41, 5.74) is 2.30. The molecule has 3 aromatic rings. The van der Waals surface area contributed by atoms with Gasteiger partial charge in [0.1, 0.15) is 0 Å². The molecule has 0 saturated heterocycles. The van der Waals surface area contributed by atoms with E-state index in [-0.39, 0.29) is 11.7 Å². The first-order chi connectivity index (χ1) is 9.52. The summed E-state index contributed by atoms with van der Waals surface area (Å²) in [7, 11) is 1.77. The minimum absolute atomic E-state index is 0.0788. The zero-order chi connectivity index (χ0) is 14.3. The van der Waals surface area contributed by atoms with Crippen molar-refractivity contribution in [3.05, 3.63) is 35.7 Å². The fourth-order valence-corrected chi connectivity index (χ4v) is 1.94. The molecule has 0 unspecified atom stereocenters. The van der Waals surface area contributed by atoms with Crippen LogP contribution in [0.15, 0.2) is 18.5 Å². The van der Waals surface area contributed by atoms with Gasteiger partial charge >= 0.3 is 0 Å². The summed E-state index contributed by atoms with van der Waals surface area (Å²) in [5, 5.41) is 10.8. The number of carbonyl (C=O) groups excluding carboxylic acids is 1. The number of nitrogens with zero attached hydrogens (tertiary/aromatic N) is 6. The highest BCUT2D eigenvalue weighted by molar-refractivity contribution is 6.01. The number of hydrogen-bond donors (Lipinski definition) is 1. The number of nitrogens with one attached hydrogen (secondary N) is 1. The van der Waals surface area contributed by atoms with E-state index in [0.717, 1.165) is 11.4 Å². The first-order valence-electron chi connectivity index (χ1n) is 6.04. The lowest BCUT2D eigenvalue weighted by atomic mass is 10.4. The van der Waals surface area contributed by atoms with Crippen LogP contribution in [0.1, 0.15) is 22.0 Å². The lowest BCUT2D eigenvalue weighted by Crippen LogP contribution is -2.13. The van der Waals surface area contributed by atoms with Gasteiger partial charge in [-0.05, 0) is 19.9 Å². The molecule has 102 valence electrons. The second kappa shape index (κ2) is 4.41. The Bertz CT molecular complexity index is 801. The van der Waals surface area contributed by atoms with Crippen molar-refractivity contribution in [3.63, 3.8) is 0 Å². The molecule has 0 atom stereocenters. The Morgan fingerprint density at radius 3 is 2.80 bits per heavy atom. The predicted octanol–water partition coefficient (Wildman–Crippen LogP) is 0.727. The fraction of sp³-hybridized carbons (Fsp3) is 0.250. The number of anilines is 1. The summed E-state index contributed by atoms with van der Waals surface area (Å²) in [6.45, 7) is 3.76. The average Bonchev–Trinajstić information content (AvgIpc) is 2.95. The largest absolute Gasteiger partial charge is 0.316 e. The van der Waals surface area contributed by atoms with Gasteiger partial charge in [-0.3, -0.25) is 9.48 Å². The van der Waals surface area contributed by atoms with Gasteiger partial charge in [0, 0.05) is 24.6 Å². The van der Waals surface area contributed by atoms with Crippen molar-refractivity contribution in [2.45, 2.75) is 13.8 Å². The molecular formula is C12H13N7O. The summed E-state index contributed by atoms with van der Waals surface area (Å²) in [4.78, 5) is 20.5. The molecule has 0 aliphatic carbocycles. The Labute approximate surface area is 114 Å². The fourth-order valence-electron chi connectivity index (χ4n) is 1.94. The number of carbonyl (C=O) groups is 1. The lowest BCUT2D eigenvalue weighted by molar-refractivity contribution is 0.101. The monoisotopic (exact) mass is 271 g/mol. The van der Waals surface area contributed by atoms with E-state index in [4.69, 9.17) is 0 Å². The second-order valence-corrected chi connectivity index (χ2v) is 4.54. The summed E-state index contributed by atoms with van der Waals surface area (Å²) in [5.74, 6) is 0.106. The Morgan fingerprint density at radius 2 is 2.10 bits per heavy atom. The predicted molar refractivity (Wildman–Crippen MR) is 71.4 cm³/mol. The molecule has 1 N–H and O–H groups in total. The van der Waals surface area contributed by atoms with E-state index < -0.39 is 0 Å². The number of fused-ring (bicyclic) bond motifs is 1. The molecule has 3 rings (SSSR count). The van der Waals surface area contributed by atoms with Gasteiger partial charge in [0.2, 0.25) is 5.82 Å². The van der Waals surface area contributed by atoms with Gasteiger partial charge in [-0.15, -0.1) is 5.10 Å². The summed E-state index contributed by atoms with van der Waals surface area (Å²) in [6, 6.07) is 1.88. The highest BCUT2D eigenvalue weighted by atomic mass is 16.2. The van der Waals surface area contributed by atoms with Crippen LogP contribution in [-0.4, -0.2) is 35.3 Å². The van der Waals surface area contributed by atoms with E-state index in [2.05, 4.69) is 25.5 Å². The Balaban J connectivity index is 1.94. The molecule has 3 aromatic heterocycles. The van der Waals surface area contributed by atoms with Crippen LogP contribution < -0.4 is 5.32 Å².